The fraction of sp³-hybridized carbons (Fsp3) is 0.412. The lowest BCUT2D eigenvalue weighted by molar-refractivity contribution is -0.384. The Hall–Kier alpha value is -2.74. The number of carbonyl (C=O) groups is 1. The van der Waals surface area contributed by atoms with E-state index >= 15 is 0 Å². The zero-order chi connectivity index (χ0) is 18.0. The van der Waals surface area contributed by atoms with E-state index in [-0.39, 0.29) is 24.2 Å². The van der Waals surface area contributed by atoms with Crippen LogP contribution in [0, 0.1) is 17.0 Å². The maximum Gasteiger partial charge on any atom is 0.269 e. The lowest BCUT2D eigenvalue weighted by atomic mass is 10.1. The van der Waals surface area contributed by atoms with Gasteiger partial charge >= 0.3 is 0 Å². The van der Waals surface area contributed by atoms with Crippen LogP contribution >= 0.6 is 0 Å². The summed E-state index contributed by atoms with van der Waals surface area (Å²) < 4.78 is 5.36. The second-order valence-corrected chi connectivity index (χ2v) is 6.23. The molecule has 1 amide bonds. The molecule has 1 aromatic heterocycles. The third-order valence-electron chi connectivity index (χ3n) is 4.50. The molecule has 1 aliphatic heterocycles. The van der Waals surface area contributed by atoms with Crippen LogP contribution in [0.4, 0.5) is 11.4 Å². The predicted octanol–water partition coefficient (Wildman–Crippen LogP) is 2.69. The van der Waals surface area contributed by atoms with Crippen LogP contribution in [-0.2, 0) is 4.79 Å². The molecule has 3 rings (SSSR count). The molecule has 0 saturated carbocycles. The van der Waals surface area contributed by atoms with Gasteiger partial charge in [0, 0.05) is 30.9 Å². The molecule has 1 unspecified atom stereocenters. The van der Waals surface area contributed by atoms with Crippen molar-refractivity contribution in [3.8, 4) is 0 Å². The smallest absolute Gasteiger partial charge is 0.269 e. The van der Waals surface area contributed by atoms with Gasteiger partial charge in [0.15, 0.2) is 5.76 Å². The van der Waals surface area contributed by atoms with Gasteiger partial charge in [-0.15, -0.1) is 0 Å². The van der Waals surface area contributed by atoms with Gasteiger partial charge in [-0.3, -0.25) is 19.8 Å². The van der Waals surface area contributed by atoms with E-state index in [0.717, 1.165) is 30.8 Å². The predicted molar refractivity (Wildman–Crippen MR) is 91.3 cm³/mol. The van der Waals surface area contributed by atoms with Crippen molar-refractivity contribution in [1.82, 2.24) is 10.1 Å². The molecule has 1 saturated heterocycles. The third kappa shape index (κ3) is 3.69. The fourth-order valence-electron chi connectivity index (χ4n) is 3.10. The Morgan fingerprint density at radius 1 is 1.44 bits per heavy atom. The number of nitrogens with zero attached hydrogens (tertiary/aromatic N) is 4. The molecule has 0 aliphatic carbocycles. The van der Waals surface area contributed by atoms with Gasteiger partial charge in [0.25, 0.3) is 5.69 Å². The summed E-state index contributed by atoms with van der Waals surface area (Å²) in [5.74, 6) is 0.720. The van der Waals surface area contributed by atoms with E-state index in [2.05, 4.69) is 10.1 Å². The molecule has 0 N–H and O–H groups in total. The highest BCUT2D eigenvalue weighted by Crippen LogP contribution is 2.32. The minimum atomic E-state index is -0.459. The first-order chi connectivity index (χ1) is 12.0. The van der Waals surface area contributed by atoms with Crippen LogP contribution in [0.25, 0.3) is 0 Å². The first-order valence-electron chi connectivity index (χ1n) is 8.14. The number of nitro groups is 1. The summed E-state index contributed by atoms with van der Waals surface area (Å²) in [5, 5.41) is 14.7. The van der Waals surface area contributed by atoms with Crippen molar-refractivity contribution in [2.75, 3.05) is 25.0 Å². The van der Waals surface area contributed by atoms with Crippen LogP contribution in [0.1, 0.15) is 30.3 Å². The maximum absolute atomic E-state index is 12.6. The quantitative estimate of drug-likeness (QED) is 0.611. The van der Waals surface area contributed by atoms with Crippen LogP contribution in [0.2, 0.25) is 0 Å². The standard InChI is InChI=1S/C17H20N4O4/c1-12-10-16(25-18-12)15-4-3-9-20(15)11-17(22)19(2)13-5-7-14(8-6-13)21(23)24/h5-8,10,15H,3-4,9,11H2,1-2H3. The van der Waals surface area contributed by atoms with Gasteiger partial charge in [0.1, 0.15) is 0 Å². The van der Waals surface area contributed by atoms with Gasteiger partial charge in [-0.1, -0.05) is 5.16 Å². The second kappa shape index (κ2) is 7.02. The first-order valence-corrected chi connectivity index (χ1v) is 8.14. The Labute approximate surface area is 145 Å². The maximum atomic E-state index is 12.6. The summed E-state index contributed by atoms with van der Waals surface area (Å²) in [6.07, 6.45) is 1.93. The monoisotopic (exact) mass is 344 g/mol. The van der Waals surface area contributed by atoms with Gasteiger partial charge in [0.2, 0.25) is 5.91 Å². The number of benzene rings is 1. The van der Waals surface area contributed by atoms with Gasteiger partial charge in [-0.2, -0.15) is 0 Å². The van der Waals surface area contributed by atoms with E-state index in [4.69, 9.17) is 4.52 Å². The van der Waals surface area contributed by atoms with Gasteiger partial charge < -0.3 is 9.42 Å². The molecule has 25 heavy (non-hydrogen) atoms. The number of likely N-dealkylation sites (tertiary alicyclic amines) is 1. The van der Waals surface area contributed by atoms with Crippen molar-refractivity contribution in [2.45, 2.75) is 25.8 Å². The zero-order valence-corrected chi connectivity index (χ0v) is 14.2. The average molecular weight is 344 g/mol. The minimum absolute atomic E-state index is 0.00453. The summed E-state index contributed by atoms with van der Waals surface area (Å²) in [5.41, 5.74) is 1.46. The lowest BCUT2D eigenvalue weighted by Crippen LogP contribution is -2.38. The lowest BCUT2D eigenvalue weighted by Gasteiger charge is -2.25. The van der Waals surface area contributed by atoms with E-state index in [1.54, 1.807) is 19.2 Å². The summed E-state index contributed by atoms with van der Waals surface area (Å²) >= 11 is 0. The number of hydrogen-bond acceptors (Lipinski definition) is 6. The number of aromatic nitrogens is 1. The molecule has 8 nitrogen and oxygen atoms in total. The molecule has 1 aromatic carbocycles. The Morgan fingerprint density at radius 3 is 2.76 bits per heavy atom. The number of amides is 1. The van der Waals surface area contributed by atoms with Crippen molar-refractivity contribution in [1.29, 1.82) is 0 Å². The average Bonchev–Trinajstić information content (AvgIpc) is 3.22. The molecule has 8 heteroatoms. The van der Waals surface area contributed by atoms with Crippen LogP contribution in [0.3, 0.4) is 0 Å². The highest BCUT2D eigenvalue weighted by atomic mass is 16.6. The molecular formula is C17H20N4O4. The molecule has 0 spiro atoms. The van der Waals surface area contributed by atoms with E-state index in [1.807, 2.05) is 13.0 Å². The minimum Gasteiger partial charge on any atom is -0.359 e. The zero-order valence-electron chi connectivity index (χ0n) is 14.2. The van der Waals surface area contributed by atoms with E-state index in [9.17, 15) is 14.9 Å². The number of carbonyl (C=O) groups excluding carboxylic acids is 1. The van der Waals surface area contributed by atoms with Gasteiger partial charge in [-0.05, 0) is 38.4 Å². The normalized spacial score (nSPS) is 17.6. The number of likely N-dealkylation sites (N-methyl/N-ethyl adjacent to an activating group) is 1. The van der Waals surface area contributed by atoms with Crippen LogP contribution in [0.5, 0.6) is 0 Å². The van der Waals surface area contributed by atoms with E-state index in [1.165, 1.54) is 17.0 Å². The molecule has 1 fully saturated rings. The number of hydrogen-bond donors (Lipinski definition) is 0. The number of rotatable bonds is 5. The Balaban J connectivity index is 1.67. The number of nitro benzene ring substituents is 1. The summed E-state index contributed by atoms with van der Waals surface area (Å²) in [7, 11) is 1.67. The molecule has 1 aliphatic rings. The summed E-state index contributed by atoms with van der Waals surface area (Å²) in [4.78, 5) is 26.5. The first kappa shape index (κ1) is 17.1. The van der Waals surface area contributed by atoms with Gasteiger partial charge in [-0.25, -0.2) is 0 Å². The van der Waals surface area contributed by atoms with Crippen molar-refractivity contribution < 1.29 is 14.2 Å². The van der Waals surface area contributed by atoms with Crippen molar-refractivity contribution in [3.05, 3.63) is 51.9 Å². The van der Waals surface area contributed by atoms with Crippen molar-refractivity contribution >= 4 is 17.3 Å². The highest BCUT2D eigenvalue weighted by Gasteiger charge is 2.31. The van der Waals surface area contributed by atoms with Crippen LogP contribution in [-0.4, -0.2) is 41.0 Å². The Bertz CT molecular complexity index is 771. The van der Waals surface area contributed by atoms with Crippen LogP contribution < -0.4 is 4.90 Å². The summed E-state index contributed by atoms with van der Waals surface area (Å²) in [6, 6.07) is 7.93. The number of non-ortho nitro benzene ring substituents is 1. The molecular weight excluding hydrogens is 324 g/mol. The number of aryl methyl sites for hydroxylation is 1. The molecule has 0 bridgehead atoms. The Kier molecular flexibility index (Phi) is 4.80. The number of anilines is 1. The van der Waals surface area contributed by atoms with Crippen molar-refractivity contribution in [2.24, 2.45) is 0 Å². The Morgan fingerprint density at radius 2 is 2.16 bits per heavy atom. The molecule has 0 radical (unpaired) electrons. The van der Waals surface area contributed by atoms with Crippen LogP contribution in [0.15, 0.2) is 34.9 Å². The van der Waals surface area contributed by atoms with Gasteiger partial charge in [0.05, 0.1) is 23.2 Å². The van der Waals surface area contributed by atoms with E-state index < -0.39 is 4.92 Å². The largest absolute Gasteiger partial charge is 0.359 e. The third-order valence-corrected chi connectivity index (χ3v) is 4.50. The van der Waals surface area contributed by atoms with E-state index in [0.29, 0.717) is 5.69 Å². The molecule has 2 aromatic rings. The molecule has 1 atom stereocenters. The highest BCUT2D eigenvalue weighted by molar-refractivity contribution is 5.94. The summed E-state index contributed by atoms with van der Waals surface area (Å²) in [6.45, 7) is 2.96. The second-order valence-electron chi connectivity index (χ2n) is 6.23. The molecule has 2 heterocycles. The molecule has 132 valence electrons. The van der Waals surface area contributed by atoms with Crippen molar-refractivity contribution in [3.63, 3.8) is 0 Å². The fourth-order valence-corrected chi connectivity index (χ4v) is 3.10. The topological polar surface area (TPSA) is 92.7 Å². The SMILES string of the molecule is Cc1cc(C2CCCN2CC(=O)N(C)c2ccc([N+](=O)[O-])cc2)on1.